The Balaban J connectivity index is 2.29. The molecular weight excluding hydrogens is 510 g/mol. The molecule has 156 valence electrons. The second-order valence-corrected chi connectivity index (χ2v) is 10.2. The van der Waals surface area contributed by atoms with Crippen molar-refractivity contribution in [2.45, 2.75) is 52.4 Å². The highest BCUT2D eigenvalue weighted by Crippen LogP contribution is 2.45. The van der Waals surface area contributed by atoms with Gasteiger partial charge in [-0.15, -0.1) is 0 Å². The number of fused-ring (bicyclic) bond motifs is 1. The van der Waals surface area contributed by atoms with Gasteiger partial charge >= 0.3 is 0 Å². The van der Waals surface area contributed by atoms with Crippen LogP contribution in [0, 0.1) is 0 Å². The summed E-state index contributed by atoms with van der Waals surface area (Å²) in [5.41, 5.74) is 8.59. The van der Waals surface area contributed by atoms with Gasteiger partial charge in [-0.1, -0.05) is 74.5 Å². The standard InChI is InChI=1S/C25H30Br2ClN/c1-4-6-7-22-18(14-20(26)5-2)8-9-19-15-21(28)16-23(27)25(19)24(22)17-10-12-29(3)13-11-17/h5,7,14-16H,4,6,8-13H2,1-3H3/b18-14-,20-5+,22-7-. The van der Waals surface area contributed by atoms with E-state index >= 15 is 0 Å². The molecule has 1 fully saturated rings. The normalized spacial score (nSPS) is 21.7. The van der Waals surface area contributed by atoms with Gasteiger partial charge in [0.25, 0.3) is 0 Å². The minimum Gasteiger partial charge on any atom is -0.306 e. The Kier molecular flexibility index (Phi) is 8.44. The van der Waals surface area contributed by atoms with Crippen LogP contribution in [-0.4, -0.2) is 25.0 Å². The van der Waals surface area contributed by atoms with Crippen molar-refractivity contribution in [3.8, 4) is 0 Å². The predicted molar refractivity (Wildman–Crippen MR) is 135 cm³/mol. The van der Waals surface area contributed by atoms with E-state index in [0.717, 1.165) is 65.6 Å². The summed E-state index contributed by atoms with van der Waals surface area (Å²) in [6.45, 7) is 6.58. The van der Waals surface area contributed by atoms with E-state index in [1.165, 1.54) is 27.8 Å². The van der Waals surface area contributed by atoms with Crippen LogP contribution in [0.2, 0.25) is 5.02 Å². The summed E-state index contributed by atoms with van der Waals surface area (Å²) in [5.74, 6) is 0. The maximum atomic E-state index is 6.45. The van der Waals surface area contributed by atoms with Gasteiger partial charge in [-0.2, -0.15) is 0 Å². The topological polar surface area (TPSA) is 3.24 Å². The van der Waals surface area contributed by atoms with E-state index in [9.17, 15) is 0 Å². The number of likely N-dealkylation sites (tertiary alicyclic amines) is 1. The number of unbranched alkanes of at least 4 members (excludes halogenated alkanes) is 1. The molecule has 29 heavy (non-hydrogen) atoms. The number of aryl methyl sites for hydroxylation is 1. The van der Waals surface area contributed by atoms with Crippen LogP contribution in [0.25, 0.3) is 5.57 Å². The van der Waals surface area contributed by atoms with E-state index in [1.807, 2.05) is 0 Å². The van der Waals surface area contributed by atoms with Gasteiger partial charge in [0.1, 0.15) is 0 Å². The fraction of sp³-hybridized carbons (Fsp3) is 0.440. The van der Waals surface area contributed by atoms with E-state index in [-0.39, 0.29) is 0 Å². The zero-order chi connectivity index (χ0) is 21.0. The summed E-state index contributed by atoms with van der Waals surface area (Å²) in [6, 6.07) is 4.23. The first-order chi connectivity index (χ1) is 13.9. The van der Waals surface area contributed by atoms with Crippen LogP contribution in [0.5, 0.6) is 0 Å². The van der Waals surface area contributed by atoms with Gasteiger partial charge in [-0.3, -0.25) is 0 Å². The Morgan fingerprint density at radius 2 is 1.90 bits per heavy atom. The van der Waals surface area contributed by atoms with Crippen LogP contribution < -0.4 is 0 Å². The summed E-state index contributed by atoms with van der Waals surface area (Å²) in [7, 11) is 2.22. The van der Waals surface area contributed by atoms with E-state index in [2.05, 4.69) is 88.0 Å². The van der Waals surface area contributed by atoms with Gasteiger partial charge in [0.15, 0.2) is 0 Å². The van der Waals surface area contributed by atoms with Crippen molar-refractivity contribution in [1.82, 2.24) is 4.90 Å². The maximum absolute atomic E-state index is 6.45. The fourth-order valence-electron chi connectivity index (χ4n) is 4.23. The molecule has 1 aliphatic carbocycles. The Bertz CT molecular complexity index is 882. The molecule has 0 atom stereocenters. The summed E-state index contributed by atoms with van der Waals surface area (Å²) >= 11 is 14.0. The van der Waals surface area contributed by atoms with Crippen molar-refractivity contribution in [1.29, 1.82) is 0 Å². The summed E-state index contributed by atoms with van der Waals surface area (Å²) in [6.07, 6.45) is 13.4. The largest absolute Gasteiger partial charge is 0.306 e. The maximum Gasteiger partial charge on any atom is 0.0420 e. The van der Waals surface area contributed by atoms with Crippen LogP contribution in [0.4, 0.5) is 0 Å². The van der Waals surface area contributed by atoms with Crippen LogP contribution in [-0.2, 0) is 6.42 Å². The molecule has 0 spiro atoms. The van der Waals surface area contributed by atoms with Gasteiger partial charge in [0, 0.05) is 27.1 Å². The minimum absolute atomic E-state index is 0.810. The number of benzene rings is 1. The number of hydrogen-bond donors (Lipinski definition) is 0. The Hall–Kier alpha value is -0.610. The third kappa shape index (κ3) is 5.55. The molecule has 1 aliphatic heterocycles. The molecule has 0 saturated carbocycles. The lowest BCUT2D eigenvalue weighted by atomic mass is 9.84. The summed E-state index contributed by atoms with van der Waals surface area (Å²) in [4.78, 5) is 2.43. The van der Waals surface area contributed by atoms with Gasteiger partial charge in [-0.05, 0) is 92.1 Å². The molecule has 3 rings (SSSR count). The van der Waals surface area contributed by atoms with Crippen LogP contribution in [0.1, 0.15) is 57.1 Å². The quantitative estimate of drug-likeness (QED) is 0.348. The molecular formula is C25H30Br2ClN. The van der Waals surface area contributed by atoms with E-state index in [0.29, 0.717) is 0 Å². The molecule has 0 amide bonds. The van der Waals surface area contributed by atoms with Gasteiger partial charge in [0.2, 0.25) is 0 Å². The van der Waals surface area contributed by atoms with Gasteiger partial charge < -0.3 is 4.90 Å². The molecule has 1 saturated heterocycles. The third-order valence-corrected chi connectivity index (χ3v) is 7.37. The second-order valence-electron chi connectivity index (χ2n) is 7.95. The fourth-order valence-corrected chi connectivity index (χ4v) is 5.58. The average molecular weight is 540 g/mol. The first-order valence-electron chi connectivity index (χ1n) is 10.6. The molecule has 1 aromatic rings. The van der Waals surface area contributed by atoms with Crippen LogP contribution in [0.3, 0.4) is 0 Å². The molecule has 0 aromatic heterocycles. The molecule has 2 aliphatic rings. The molecule has 4 heteroatoms. The van der Waals surface area contributed by atoms with Crippen LogP contribution >= 0.6 is 43.5 Å². The molecule has 1 heterocycles. The Labute approximate surface area is 197 Å². The van der Waals surface area contributed by atoms with Gasteiger partial charge in [0.05, 0.1) is 0 Å². The highest BCUT2D eigenvalue weighted by atomic mass is 79.9. The second kappa shape index (κ2) is 10.6. The lowest BCUT2D eigenvalue weighted by Gasteiger charge is -2.28. The summed E-state index contributed by atoms with van der Waals surface area (Å²) < 4.78 is 2.26. The first kappa shape index (κ1) is 23.1. The number of halogens is 3. The minimum atomic E-state index is 0.810. The lowest BCUT2D eigenvalue weighted by Crippen LogP contribution is -2.27. The van der Waals surface area contributed by atoms with E-state index in [4.69, 9.17) is 11.6 Å². The number of nitrogens with zero attached hydrogens (tertiary/aromatic N) is 1. The Morgan fingerprint density at radius 1 is 1.17 bits per heavy atom. The number of rotatable bonds is 3. The predicted octanol–water partition coefficient (Wildman–Crippen LogP) is 8.48. The monoisotopic (exact) mass is 537 g/mol. The smallest absolute Gasteiger partial charge is 0.0420 e. The average Bonchev–Trinajstić information content (AvgIpc) is 2.84. The molecule has 0 radical (unpaired) electrons. The van der Waals surface area contributed by atoms with Crippen molar-refractivity contribution >= 4 is 49.0 Å². The number of hydrogen-bond acceptors (Lipinski definition) is 1. The number of piperidine rings is 1. The molecule has 0 bridgehead atoms. The third-order valence-electron chi connectivity index (χ3n) is 5.83. The van der Waals surface area contributed by atoms with Crippen molar-refractivity contribution < 1.29 is 0 Å². The Morgan fingerprint density at radius 3 is 2.55 bits per heavy atom. The van der Waals surface area contributed by atoms with Crippen molar-refractivity contribution in [2.75, 3.05) is 20.1 Å². The van der Waals surface area contributed by atoms with E-state index < -0.39 is 0 Å². The highest BCUT2D eigenvalue weighted by molar-refractivity contribution is 9.12. The van der Waals surface area contributed by atoms with Crippen molar-refractivity contribution in [3.05, 3.63) is 72.2 Å². The van der Waals surface area contributed by atoms with Crippen molar-refractivity contribution in [3.63, 3.8) is 0 Å². The molecule has 0 unspecified atom stereocenters. The number of allylic oxidation sites excluding steroid dienone is 7. The van der Waals surface area contributed by atoms with E-state index in [1.54, 1.807) is 5.57 Å². The van der Waals surface area contributed by atoms with Gasteiger partial charge in [-0.25, -0.2) is 0 Å². The van der Waals surface area contributed by atoms with Crippen molar-refractivity contribution in [2.24, 2.45) is 0 Å². The zero-order valence-electron chi connectivity index (χ0n) is 17.6. The van der Waals surface area contributed by atoms with Crippen LogP contribution in [0.15, 0.2) is 56.0 Å². The zero-order valence-corrected chi connectivity index (χ0v) is 21.6. The highest BCUT2D eigenvalue weighted by Gasteiger charge is 2.27. The first-order valence-corrected chi connectivity index (χ1v) is 12.5. The molecule has 1 nitrogen and oxygen atoms in total. The molecule has 0 N–H and O–H groups in total. The lowest BCUT2D eigenvalue weighted by molar-refractivity contribution is 0.313. The molecule has 1 aromatic carbocycles. The SMILES string of the molecule is C\C=C(Br)/C=C1/CCc2cc(Cl)cc(Br)c2C(=C2CCN(C)CC2)/C1=C\CCC. The summed E-state index contributed by atoms with van der Waals surface area (Å²) in [5, 5.41) is 0.810.